The van der Waals surface area contributed by atoms with Gasteiger partial charge in [-0.1, -0.05) is 18.2 Å². The van der Waals surface area contributed by atoms with Gasteiger partial charge < -0.3 is 0 Å². The van der Waals surface area contributed by atoms with Gasteiger partial charge in [-0.2, -0.15) is 5.26 Å². The molecule has 0 unspecified atom stereocenters. The molecule has 1 saturated heterocycles. The Morgan fingerprint density at radius 3 is 2.70 bits per heavy atom. The van der Waals surface area contributed by atoms with Gasteiger partial charge in [0.1, 0.15) is 4.75 Å². The quantitative estimate of drug-likeness (QED) is 0.852. The number of aryl methyl sites for hydroxylation is 2. The molecule has 1 aromatic carbocycles. The minimum absolute atomic E-state index is 0.131. The Kier molecular flexibility index (Phi) is 4.05. The first-order chi connectivity index (χ1) is 9.74. The molecule has 0 N–H and O–H groups in total. The molecule has 2 aliphatic rings. The molecule has 3 rings (SSSR count). The maximum Gasteiger partial charge on any atom is 0.104 e. The number of likely N-dealkylation sites (tertiary alicyclic amines) is 1. The molecule has 3 heteroatoms. The van der Waals surface area contributed by atoms with E-state index in [0.717, 1.165) is 32.5 Å². The van der Waals surface area contributed by atoms with Crippen LogP contribution in [0.15, 0.2) is 18.2 Å². The molecule has 0 spiro atoms. The van der Waals surface area contributed by atoms with E-state index in [4.69, 9.17) is 0 Å². The zero-order valence-corrected chi connectivity index (χ0v) is 13.0. The number of rotatable bonds is 3. The molecule has 0 bridgehead atoms. The Morgan fingerprint density at radius 1 is 1.25 bits per heavy atom. The van der Waals surface area contributed by atoms with Crippen LogP contribution in [0.5, 0.6) is 0 Å². The monoisotopic (exact) mass is 286 g/mol. The molecule has 1 fully saturated rings. The van der Waals surface area contributed by atoms with Crippen LogP contribution in [-0.2, 0) is 19.4 Å². The maximum atomic E-state index is 9.33. The molecule has 1 aliphatic heterocycles. The summed E-state index contributed by atoms with van der Waals surface area (Å²) in [6.45, 7) is 3.14. The summed E-state index contributed by atoms with van der Waals surface area (Å²) in [4.78, 5) is 2.50. The van der Waals surface area contributed by atoms with E-state index in [1.807, 2.05) is 0 Å². The molecule has 0 amide bonds. The predicted molar refractivity (Wildman–Crippen MR) is 84.8 cm³/mol. The van der Waals surface area contributed by atoms with Crippen molar-refractivity contribution in [3.05, 3.63) is 34.9 Å². The van der Waals surface area contributed by atoms with Gasteiger partial charge in [0.2, 0.25) is 0 Å². The Bertz CT molecular complexity index is 524. The number of hydrogen-bond donors (Lipinski definition) is 0. The number of piperidine rings is 1. The van der Waals surface area contributed by atoms with E-state index in [2.05, 4.69) is 35.4 Å². The van der Waals surface area contributed by atoms with E-state index in [-0.39, 0.29) is 4.75 Å². The van der Waals surface area contributed by atoms with Crippen molar-refractivity contribution in [2.75, 3.05) is 19.3 Å². The van der Waals surface area contributed by atoms with Crippen LogP contribution in [-0.4, -0.2) is 29.0 Å². The molecular formula is C17H22N2S. The van der Waals surface area contributed by atoms with Crippen LogP contribution in [0, 0.1) is 11.3 Å². The smallest absolute Gasteiger partial charge is 0.104 e. The topological polar surface area (TPSA) is 27.0 Å². The second-order valence-electron chi connectivity index (χ2n) is 6.04. The zero-order valence-electron chi connectivity index (χ0n) is 12.2. The fourth-order valence-corrected chi connectivity index (χ4v) is 4.10. The highest BCUT2D eigenvalue weighted by Gasteiger charge is 2.33. The molecule has 0 aromatic heterocycles. The molecule has 1 heterocycles. The molecule has 0 radical (unpaired) electrons. The maximum absolute atomic E-state index is 9.33. The minimum atomic E-state index is -0.131. The first kappa shape index (κ1) is 14.0. The second-order valence-corrected chi connectivity index (χ2v) is 7.23. The second kappa shape index (κ2) is 5.79. The average molecular weight is 286 g/mol. The lowest BCUT2D eigenvalue weighted by Gasteiger charge is -2.36. The summed E-state index contributed by atoms with van der Waals surface area (Å²) < 4.78 is -0.131. The minimum Gasteiger partial charge on any atom is -0.299 e. The van der Waals surface area contributed by atoms with Crippen molar-refractivity contribution in [1.29, 1.82) is 5.26 Å². The first-order valence-corrected chi connectivity index (χ1v) is 8.77. The van der Waals surface area contributed by atoms with Crippen molar-refractivity contribution in [3.63, 3.8) is 0 Å². The molecule has 1 aromatic rings. The Hall–Kier alpha value is -0.980. The van der Waals surface area contributed by atoms with E-state index in [9.17, 15) is 5.26 Å². The average Bonchev–Trinajstić information content (AvgIpc) is 2.96. The largest absolute Gasteiger partial charge is 0.299 e. The number of nitrogens with zero attached hydrogens (tertiary/aromatic N) is 2. The lowest BCUT2D eigenvalue weighted by Crippen LogP contribution is -2.41. The Labute approximate surface area is 126 Å². The van der Waals surface area contributed by atoms with E-state index >= 15 is 0 Å². The van der Waals surface area contributed by atoms with E-state index in [1.165, 1.54) is 24.8 Å². The van der Waals surface area contributed by atoms with Crippen LogP contribution in [0.2, 0.25) is 0 Å². The van der Waals surface area contributed by atoms with E-state index < -0.39 is 0 Å². The van der Waals surface area contributed by atoms with Crippen LogP contribution in [0.4, 0.5) is 0 Å². The highest BCUT2D eigenvalue weighted by Crippen LogP contribution is 2.34. The Balaban J connectivity index is 1.61. The van der Waals surface area contributed by atoms with Gasteiger partial charge >= 0.3 is 0 Å². The number of thioether (sulfide) groups is 1. The zero-order chi connectivity index (χ0) is 14.0. The van der Waals surface area contributed by atoms with Gasteiger partial charge in [-0.3, -0.25) is 4.90 Å². The normalized spacial score (nSPS) is 21.4. The third kappa shape index (κ3) is 2.73. The number of hydrogen-bond acceptors (Lipinski definition) is 3. The predicted octanol–water partition coefficient (Wildman–Crippen LogP) is 3.40. The van der Waals surface area contributed by atoms with E-state index in [1.54, 1.807) is 22.9 Å². The van der Waals surface area contributed by atoms with Crippen molar-refractivity contribution in [3.8, 4) is 6.07 Å². The fourth-order valence-electron chi connectivity index (χ4n) is 3.42. The summed E-state index contributed by atoms with van der Waals surface area (Å²) >= 11 is 1.73. The highest BCUT2D eigenvalue weighted by molar-refractivity contribution is 8.00. The van der Waals surface area contributed by atoms with Gasteiger partial charge in [-0.15, -0.1) is 11.8 Å². The molecule has 2 nitrogen and oxygen atoms in total. The van der Waals surface area contributed by atoms with Crippen molar-refractivity contribution in [2.45, 2.75) is 43.4 Å². The fraction of sp³-hybridized carbons (Fsp3) is 0.588. The molecular weight excluding hydrogens is 264 g/mol. The standard InChI is InChI=1S/C17H22N2S/c1-20-17(13-18)7-9-19(10-8-17)12-14-5-6-15-3-2-4-16(15)11-14/h5-6,11H,2-4,7-10,12H2,1H3. The van der Waals surface area contributed by atoms with Crippen molar-refractivity contribution < 1.29 is 0 Å². The third-order valence-electron chi connectivity index (χ3n) is 4.83. The van der Waals surface area contributed by atoms with E-state index in [0.29, 0.717) is 0 Å². The summed E-state index contributed by atoms with van der Waals surface area (Å²) in [6.07, 6.45) is 7.90. The van der Waals surface area contributed by atoms with Crippen LogP contribution in [0.1, 0.15) is 36.0 Å². The molecule has 0 atom stereocenters. The molecule has 106 valence electrons. The summed E-state index contributed by atoms with van der Waals surface area (Å²) in [5, 5.41) is 9.33. The Morgan fingerprint density at radius 2 is 2.00 bits per heavy atom. The summed E-state index contributed by atoms with van der Waals surface area (Å²) in [6, 6.07) is 9.55. The van der Waals surface area contributed by atoms with Gasteiger partial charge in [-0.25, -0.2) is 0 Å². The number of nitriles is 1. The van der Waals surface area contributed by atoms with Crippen LogP contribution in [0.3, 0.4) is 0 Å². The summed E-state index contributed by atoms with van der Waals surface area (Å²) in [7, 11) is 0. The lowest BCUT2D eigenvalue weighted by molar-refractivity contribution is 0.209. The molecule has 0 saturated carbocycles. The van der Waals surface area contributed by atoms with Crippen molar-refractivity contribution >= 4 is 11.8 Å². The first-order valence-electron chi connectivity index (χ1n) is 7.54. The SMILES string of the molecule is CSC1(C#N)CCN(Cc2ccc3c(c2)CCC3)CC1. The van der Waals surface area contributed by atoms with Gasteiger partial charge in [0.25, 0.3) is 0 Å². The van der Waals surface area contributed by atoms with Crippen LogP contribution < -0.4 is 0 Å². The lowest BCUT2D eigenvalue weighted by atomic mass is 9.96. The summed E-state index contributed by atoms with van der Waals surface area (Å²) in [5.74, 6) is 0. The summed E-state index contributed by atoms with van der Waals surface area (Å²) in [5.41, 5.74) is 4.56. The van der Waals surface area contributed by atoms with Gasteiger partial charge in [0.05, 0.1) is 6.07 Å². The van der Waals surface area contributed by atoms with Crippen molar-refractivity contribution in [2.24, 2.45) is 0 Å². The van der Waals surface area contributed by atoms with Crippen LogP contribution in [0.25, 0.3) is 0 Å². The van der Waals surface area contributed by atoms with Gasteiger partial charge in [0, 0.05) is 19.6 Å². The van der Waals surface area contributed by atoms with Gasteiger partial charge in [-0.05, 0) is 55.1 Å². The number of fused-ring (bicyclic) bond motifs is 1. The van der Waals surface area contributed by atoms with Gasteiger partial charge in [0.15, 0.2) is 0 Å². The van der Waals surface area contributed by atoms with Crippen molar-refractivity contribution in [1.82, 2.24) is 4.90 Å². The molecule has 20 heavy (non-hydrogen) atoms. The van der Waals surface area contributed by atoms with Crippen LogP contribution >= 0.6 is 11.8 Å². The number of benzene rings is 1. The highest BCUT2D eigenvalue weighted by atomic mass is 32.2. The molecule has 1 aliphatic carbocycles. The third-order valence-corrected chi connectivity index (χ3v) is 6.11.